The number of nitrogens with two attached hydrogens (primary N) is 1. The van der Waals surface area contributed by atoms with Crippen LogP contribution in [0.15, 0.2) is 10.8 Å². The van der Waals surface area contributed by atoms with Gasteiger partial charge in [0.25, 0.3) is 0 Å². The van der Waals surface area contributed by atoms with E-state index in [1.165, 1.54) is 6.39 Å². The molecule has 0 fully saturated rings. The molecule has 0 radical (unpaired) electrons. The van der Waals surface area contributed by atoms with Crippen LogP contribution in [-0.4, -0.2) is 16.2 Å². The van der Waals surface area contributed by atoms with Gasteiger partial charge in [0.2, 0.25) is 0 Å². The van der Waals surface area contributed by atoms with Crippen molar-refractivity contribution >= 4 is 0 Å². The lowest BCUT2D eigenvalue weighted by atomic mass is 10.1. The fraction of sp³-hybridized carbons (Fsp3) is 0.571. The molecule has 1 aromatic heterocycles. The van der Waals surface area contributed by atoms with Crippen LogP contribution in [0, 0.1) is 6.92 Å². The minimum atomic E-state index is -0.598. The molecule has 1 heterocycles. The Bertz CT molecular complexity index is 232. The highest BCUT2D eigenvalue weighted by Crippen LogP contribution is 2.15. The van der Waals surface area contributed by atoms with E-state index in [4.69, 9.17) is 15.3 Å². The van der Waals surface area contributed by atoms with Crippen molar-refractivity contribution in [2.45, 2.75) is 26.0 Å². The summed E-state index contributed by atoms with van der Waals surface area (Å²) in [6.07, 6.45) is 0.728. The number of oxazole rings is 1. The summed E-state index contributed by atoms with van der Waals surface area (Å²) in [6.45, 7) is 3.39. The van der Waals surface area contributed by atoms with Crippen molar-refractivity contribution in [3.05, 3.63) is 17.8 Å². The second kappa shape index (κ2) is 3.02. The first kappa shape index (κ1) is 8.23. The molecular weight excluding hydrogens is 144 g/mol. The average Bonchev–Trinajstić information content (AvgIpc) is 2.33. The Kier molecular flexibility index (Phi) is 2.26. The number of aliphatic hydroxyl groups is 1. The number of hydrogen-bond donors (Lipinski definition) is 2. The van der Waals surface area contributed by atoms with E-state index in [1.54, 1.807) is 13.8 Å². The maximum Gasteiger partial charge on any atom is 0.181 e. The number of aromatic nitrogens is 1. The molecule has 1 rings (SSSR count). The molecule has 0 saturated carbocycles. The molecule has 0 aliphatic carbocycles. The quantitative estimate of drug-likeness (QED) is 0.648. The molecule has 4 nitrogen and oxygen atoms in total. The molecule has 0 spiro atoms. The van der Waals surface area contributed by atoms with Crippen molar-refractivity contribution in [3.63, 3.8) is 0 Å². The van der Waals surface area contributed by atoms with Crippen LogP contribution in [0.5, 0.6) is 0 Å². The summed E-state index contributed by atoms with van der Waals surface area (Å²) in [6, 6.07) is -0.450. The van der Waals surface area contributed by atoms with Gasteiger partial charge in [-0.15, -0.1) is 0 Å². The summed E-state index contributed by atoms with van der Waals surface area (Å²) >= 11 is 0. The fourth-order valence-corrected chi connectivity index (χ4v) is 0.863. The standard InChI is InChI=1S/C7H12N2O2/c1-4(10)6(8)7-5(2)11-3-9-7/h3-4,6,10H,8H2,1-2H3. The fourth-order valence-electron chi connectivity index (χ4n) is 0.863. The smallest absolute Gasteiger partial charge is 0.181 e. The van der Waals surface area contributed by atoms with Gasteiger partial charge in [0.05, 0.1) is 12.1 Å². The molecular formula is C7H12N2O2. The Morgan fingerprint density at radius 3 is 2.73 bits per heavy atom. The highest BCUT2D eigenvalue weighted by atomic mass is 16.3. The monoisotopic (exact) mass is 156 g/mol. The Morgan fingerprint density at radius 1 is 1.73 bits per heavy atom. The minimum Gasteiger partial charge on any atom is -0.448 e. The molecule has 0 saturated heterocycles. The minimum absolute atomic E-state index is 0.450. The molecule has 4 heteroatoms. The van der Waals surface area contributed by atoms with E-state index in [1.807, 2.05) is 0 Å². The molecule has 62 valence electrons. The van der Waals surface area contributed by atoms with Gasteiger partial charge in [-0.1, -0.05) is 0 Å². The van der Waals surface area contributed by atoms with Gasteiger partial charge in [-0.05, 0) is 13.8 Å². The first-order valence-corrected chi connectivity index (χ1v) is 3.46. The Morgan fingerprint density at radius 2 is 2.36 bits per heavy atom. The van der Waals surface area contributed by atoms with Gasteiger partial charge in [-0.3, -0.25) is 0 Å². The van der Waals surface area contributed by atoms with Crippen LogP contribution in [0.1, 0.15) is 24.4 Å². The zero-order valence-corrected chi connectivity index (χ0v) is 6.61. The molecule has 3 N–H and O–H groups in total. The maximum absolute atomic E-state index is 9.11. The molecule has 0 aliphatic heterocycles. The van der Waals surface area contributed by atoms with Crippen molar-refractivity contribution in [1.29, 1.82) is 0 Å². The second-order valence-electron chi connectivity index (χ2n) is 2.56. The van der Waals surface area contributed by atoms with E-state index >= 15 is 0 Å². The van der Waals surface area contributed by atoms with Gasteiger partial charge in [-0.2, -0.15) is 0 Å². The number of nitrogens with zero attached hydrogens (tertiary/aromatic N) is 1. The summed E-state index contributed by atoms with van der Waals surface area (Å²) in [7, 11) is 0. The number of aryl methyl sites for hydroxylation is 1. The van der Waals surface area contributed by atoms with Crippen molar-refractivity contribution in [2.24, 2.45) is 5.73 Å². The average molecular weight is 156 g/mol. The first-order chi connectivity index (χ1) is 5.13. The lowest BCUT2D eigenvalue weighted by molar-refractivity contribution is 0.162. The molecule has 1 aromatic rings. The van der Waals surface area contributed by atoms with Gasteiger partial charge < -0.3 is 15.3 Å². The molecule has 2 atom stereocenters. The molecule has 0 aliphatic rings. The van der Waals surface area contributed by atoms with E-state index < -0.39 is 12.1 Å². The van der Waals surface area contributed by atoms with Gasteiger partial charge in [-0.25, -0.2) is 4.98 Å². The number of aliphatic hydroxyl groups excluding tert-OH is 1. The van der Waals surface area contributed by atoms with Gasteiger partial charge in [0.1, 0.15) is 11.5 Å². The summed E-state index contributed by atoms with van der Waals surface area (Å²) < 4.78 is 4.93. The Balaban J connectivity index is 2.84. The van der Waals surface area contributed by atoms with E-state index in [0.717, 1.165) is 0 Å². The van der Waals surface area contributed by atoms with Crippen LogP contribution in [0.3, 0.4) is 0 Å². The zero-order chi connectivity index (χ0) is 8.43. The highest BCUT2D eigenvalue weighted by Gasteiger charge is 2.17. The van der Waals surface area contributed by atoms with Crippen molar-refractivity contribution in [2.75, 3.05) is 0 Å². The summed E-state index contributed by atoms with van der Waals surface area (Å²) in [5.74, 6) is 0.665. The zero-order valence-electron chi connectivity index (χ0n) is 6.61. The predicted octanol–water partition coefficient (Wildman–Crippen LogP) is 0.364. The molecule has 0 amide bonds. The summed E-state index contributed by atoms with van der Waals surface area (Å²) in [5.41, 5.74) is 6.24. The molecule has 0 bridgehead atoms. The van der Waals surface area contributed by atoms with Crippen molar-refractivity contribution < 1.29 is 9.52 Å². The summed E-state index contributed by atoms with van der Waals surface area (Å²) in [4.78, 5) is 3.89. The number of hydrogen-bond acceptors (Lipinski definition) is 4. The predicted molar refractivity (Wildman–Crippen MR) is 39.8 cm³/mol. The normalized spacial score (nSPS) is 16.4. The van der Waals surface area contributed by atoms with Gasteiger partial charge in [0, 0.05) is 0 Å². The third-order valence-electron chi connectivity index (χ3n) is 1.62. The summed E-state index contributed by atoms with van der Waals surface area (Å²) in [5, 5.41) is 9.11. The molecule has 0 aromatic carbocycles. The third kappa shape index (κ3) is 1.58. The van der Waals surface area contributed by atoms with E-state index in [-0.39, 0.29) is 0 Å². The van der Waals surface area contributed by atoms with Crippen molar-refractivity contribution in [3.8, 4) is 0 Å². The van der Waals surface area contributed by atoms with Crippen LogP contribution in [0.25, 0.3) is 0 Å². The van der Waals surface area contributed by atoms with Crippen LogP contribution in [-0.2, 0) is 0 Å². The first-order valence-electron chi connectivity index (χ1n) is 3.46. The second-order valence-corrected chi connectivity index (χ2v) is 2.56. The van der Waals surface area contributed by atoms with Crippen LogP contribution < -0.4 is 5.73 Å². The topological polar surface area (TPSA) is 72.3 Å². The van der Waals surface area contributed by atoms with Gasteiger partial charge in [0.15, 0.2) is 6.39 Å². The lowest BCUT2D eigenvalue weighted by Gasteiger charge is -2.11. The molecule has 2 unspecified atom stereocenters. The Hall–Kier alpha value is -0.870. The highest BCUT2D eigenvalue weighted by molar-refractivity contribution is 5.10. The maximum atomic E-state index is 9.11. The van der Waals surface area contributed by atoms with E-state index in [0.29, 0.717) is 11.5 Å². The largest absolute Gasteiger partial charge is 0.448 e. The SMILES string of the molecule is Cc1ocnc1C(N)C(C)O. The third-order valence-corrected chi connectivity index (χ3v) is 1.62. The van der Waals surface area contributed by atoms with Crippen LogP contribution >= 0.6 is 0 Å². The van der Waals surface area contributed by atoms with Crippen molar-refractivity contribution in [1.82, 2.24) is 4.98 Å². The van der Waals surface area contributed by atoms with E-state index in [9.17, 15) is 0 Å². The van der Waals surface area contributed by atoms with Gasteiger partial charge >= 0.3 is 0 Å². The molecule has 11 heavy (non-hydrogen) atoms. The lowest BCUT2D eigenvalue weighted by Crippen LogP contribution is -2.24. The van der Waals surface area contributed by atoms with Crippen LogP contribution in [0.2, 0.25) is 0 Å². The van der Waals surface area contributed by atoms with E-state index in [2.05, 4.69) is 4.98 Å². The Labute approximate surface area is 65.0 Å². The van der Waals surface area contributed by atoms with Crippen LogP contribution in [0.4, 0.5) is 0 Å². The number of rotatable bonds is 2.